The van der Waals surface area contributed by atoms with Gasteiger partial charge in [-0.05, 0) is 0 Å². The van der Waals surface area contributed by atoms with Crippen molar-refractivity contribution < 1.29 is 4.73 Å². The minimum absolute atomic E-state index is 0.00347. The average molecular weight is 167 g/mol. The third kappa shape index (κ3) is 0.669. The first-order valence-electron chi connectivity index (χ1n) is 3.14. The van der Waals surface area contributed by atoms with Crippen molar-refractivity contribution in [2.24, 2.45) is 0 Å². The molecule has 4 N–H and O–H groups in total. The number of imidazole rings is 1. The highest BCUT2D eigenvalue weighted by molar-refractivity contribution is 5.65. The smallest absolute Gasteiger partial charge is 0.322 e. The molecule has 62 valence electrons. The normalized spacial score (nSPS) is 10.7. The Kier molecular flexibility index (Phi) is 1.09. The van der Waals surface area contributed by atoms with E-state index in [0.717, 1.165) is 0 Å². The highest BCUT2D eigenvalue weighted by Gasteiger charge is 2.10. The van der Waals surface area contributed by atoms with Gasteiger partial charge in [0.05, 0.1) is 0 Å². The highest BCUT2D eigenvalue weighted by Crippen LogP contribution is 1.96. The third-order valence-electron chi connectivity index (χ3n) is 1.50. The van der Waals surface area contributed by atoms with Crippen molar-refractivity contribution in [3.05, 3.63) is 21.9 Å². The van der Waals surface area contributed by atoms with Crippen molar-refractivity contribution in [1.82, 2.24) is 15.0 Å². The molecule has 12 heavy (non-hydrogen) atoms. The Balaban J connectivity index is 3.07. The maximum absolute atomic E-state index is 11.1. The van der Waals surface area contributed by atoms with Crippen LogP contribution in [0.2, 0.25) is 0 Å². The van der Waals surface area contributed by atoms with Crippen LogP contribution in [0.1, 0.15) is 0 Å². The summed E-state index contributed by atoms with van der Waals surface area (Å²) in [7, 11) is 0. The van der Waals surface area contributed by atoms with Crippen molar-refractivity contribution in [2.45, 2.75) is 0 Å². The standard InChI is InChI=1S/C5H5N5O2/c6-5-9-4(11)2-3(10(5)12)8-1-7-2/h1H,(H,7,8)(H3,6,9,11). The molecule has 7 heteroatoms. The molecule has 0 spiro atoms. The average Bonchev–Trinajstić information content (AvgIpc) is 2.48. The summed E-state index contributed by atoms with van der Waals surface area (Å²) in [4.78, 5) is 19.4. The van der Waals surface area contributed by atoms with Crippen LogP contribution in [0.5, 0.6) is 0 Å². The van der Waals surface area contributed by atoms with E-state index < -0.39 is 5.56 Å². The monoisotopic (exact) mass is 167 g/mol. The van der Waals surface area contributed by atoms with Gasteiger partial charge in [-0.1, -0.05) is 0 Å². The Labute approximate surface area is 65.4 Å². The van der Waals surface area contributed by atoms with Gasteiger partial charge < -0.3 is 15.9 Å². The number of nitrogens with zero attached hydrogens (tertiary/aromatic N) is 2. The zero-order chi connectivity index (χ0) is 8.72. The van der Waals surface area contributed by atoms with E-state index in [1.165, 1.54) is 6.33 Å². The molecular weight excluding hydrogens is 162 g/mol. The molecule has 7 nitrogen and oxygen atoms in total. The number of fused-ring (bicyclic) bond motifs is 1. The second-order valence-corrected chi connectivity index (χ2v) is 2.23. The van der Waals surface area contributed by atoms with Gasteiger partial charge in [0, 0.05) is 0 Å². The molecule has 0 saturated carbocycles. The van der Waals surface area contributed by atoms with E-state index in [1.54, 1.807) is 0 Å². The summed E-state index contributed by atoms with van der Waals surface area (Å²) in [5.41, 5.74) is 4.86. The number of nitrogens with two attached hydrogens (primary N) is 1. The maximum Gasteiger partial charge on any atom is 0.322 e. The molecule has 0 atom stereocenters. The van der Waals surface area contributed by atoms with E-state index >= 15 is 0 Å². The molecule has 2 aromatic heterocycles. The van der Waals surface area contributed by atoms with Crippen LogP contribution >= 0.6 is 0 Å². The van der Waals surface area contributed by atoms with Crippen LogP contribution in [0, 0.1) is 5.21 Å². The van der Waals surface area contributed by atoms with Crippen molar-refractivity contribution in [3.8, 4) is 0 Å². The fourth-order valence-corrected chi connectivity index (χ4v) is 0.952. The van der Waals surface area contributed by atoms with E-state index in [-0.39, 0.29) is 17.1 Å². The van der Waals surface area contributed by atoms with Gasteiger partial charge in [0.2, 0.25) is 0 Å². The molecule has 0 fully saturated rings. The van der Waals surface area contributed by atoms with Crippen LogP contribution in [0.25, 0.3) is 11.2 Å². The Hall–Kier alpha value is -2.05. The van der Waals surface area contributed by atoms with Crippen molar-refractivity contribution >= 4 is 17.1 Å². The van der Waals surface area contributed by atoms with Gasteiger partial charge in [-0.15, -0.1) is 4.98 Å². The molecule has 2 heterocycles. The van der Waals surface area contributed by atoms with E-state index in [9.17, 15) is 10.0 Å². The number of hydrogen-bond donors (Lipinski definition) is 3. The first kappa shape index (κ1) is 6.65. The number of nitrogens with one attached hydrogen (secondary N) is 2. The van der Waals surface area contributed by atoms with Gasteiger partial charge >= 0.3 is 11.5 Å². The summed E-state index contributed by atoms with van der Waals surface area (Å²) in [5.74, 6) is -0.264. The number of nitrogen functional groups attached to an aromatic ring is 1. The lowest BCUT2D eigenvalue weighted by molar-refractivity contribution is -0.566. The number of rotatable bonds is 0. The van der Waals surface area contributed by atoms with E-state index in [0.29, 0.717) is 4.73 Å². The van der Waals surface area contributed by atoms with Gasteiger partial charge in [-0.3, -0.25) is 4.79 Å². The van der Waals surface area contributed by atoms with Crippen molar-refractivity contribution in [3.63, 3.8) is 0 Å². The van der Waals surface area contributed by atoms with E-state index in [4.69, 9.17) is 5.73 Å². The second kappa shape index (κ2) is 1.97. The van der Waals surface area contributed by atoms with Gasteiger partial charge in [0.15, 0.2) is 11.8 Å². The lowest BCUT2D eigenvalue weighted by atomic mass is 10.5. The molecule has 0 aliphatic rings. The molecule has 0 saturated heterocycles. The summed E-state index contributed by atoms with van der Waals surface area (Å²) < 4.78 is 0.354. The minimum atomic E-state index is -0.452. The first-order valence-corrected chi connectivity index (χ1v) is 3.14. The molecule has 0 bridgehead atoms. The Bertz CT molecular complexity index is 484. The zero-order valence-corrected chi connectivity index (χ0v) is 5.87. The number of anilines is 1. The highest BCUT2D eigenvalue weighted by atomic mass is 16.5. The largest absolute Gasteiger partial charge is 0.754 e. The summed E-state index contributed by atoms with van der Waals surface area (Å²) >= 11 is 0. The SMILES string of the molecule is Nc1[nH]c(=O)c2[nH]cnc2[n+]1[O-]. The summed E-state index contributed by atoms with van der Waals surface area (Å²) in [6.45, 7) is 0. The molecule has 2 rings (SSSR count). The van der Waals surface area contributed by atoms with Gasteiger partial charge in [-0.2, -0.15) is 0 Å². The molecule has 0 aliphatic heterocycles. The van der Waals surface area contributed by atoms with Gasteiger partial charge in [0.25, 0.3) is 5.65 Å². The predicted octanol–water partition coefficient (Wildman–Crippen LogP) is -1.53. The van der Waals surface area contributed by atoms with Crippen molar-refractivity contribution in [1.29, 1.82) is 0 Å². The quantitative estimate of drug-likeness (QED) is 0.326. The summed E-state index contributed by atoms with van der Waals surface area (Å²) in [5, 5.41) is 11.1. The van der Waals surface area contributed by atoms with Crippen LogP contribution in [-0.2, 0) is 0 Å². The van der Waals surface area contributed by atoms with E-state index in [2.05, 4.69) is 15.0 Å². The molecule has 0 aliphatic carbocycles. The van der Waals surface area contributed by atoms with Crippen molar-refractivity contribution in [2.75, 3.05) is 5.73 Å². The molecule has 0 unspecified atom stereocenters. The predicted molar refractivity (Wildman–Crippen MR) is 40.1 cm³/mol. The number of aromatic nitrogens is 4. The number of hydrogen-bond acceptors (Lipinski definition) is 4. The van der Waals surface area contributed by atoms with Crippen LogP contribution in [0.3, 0.4) is 0 Å². The van der Waals surface area contributed by atoms with Gasteiger partial charge in [0.1, 0.15) is 0 Å². The third-order valence-corrected chi connectivity index (χ3v) is 1.50. The second-order valence-electron chi connectivity index (χ2n) is 2.23. The molecule has 0 amide bonds. The fourth-order valence-electron chi connectivity index (χ4n) is 0.952. The topological polar surface area (TPSA) is 114 Å². The van der Waals surface area contributed by atoms with Crippen LogP contribution in [0.15, 0.2) is 11.1 Å². The van der Waals surface area contributed by atoms with Crippen LogP contribution in [-0.4, -0.2) is 15.0 Å². The first-order chi connectivity index (χ1) is 5.70. The zero-order valence-electron chi connectivity index (χ0n) is 5.87. The van der Waals surface area contributed by atoms with Crippen LogP contribution < -0.4 is 16.0 Å². The van der Waals surface area contributed by atoms with Gasteiger partial charge in [-0.25, -0.2) is 9.71 Å². The Morgan fingerprint density at radius 3 is 3.17 bits per heavy atom. The molecule has 0 radical (unpaired) electrons. The lowest BCUT2D eigenvalue weighted by Crippen LogP contribution is -2.36. The maximum atomic E-state index is 11.1. The Morgan fingerprint density at radius 2 is 2.42 bits per heavy atom. The summed E-state index contributed by atoms with van der Waals surface area (Å²) in [6, 6.07) is 0. The Morgan fingerprint density at radius 1 is 1.67 bits per heavy atom. The van der Waals surface area contributed by atoms with E-state index in [1.807, 2.05) is 0 Å². The molecular formula is C5H5N5O2. The lowest BCUT2D eigenvalue weighted by Gasteiger charge is -2.04. The molecule has 2 aromatic rings. The summed E-state index contributed by atoms with van der Waals surface area (Å²) in [6.07, 6.45) is 1.26. The fraction of sp³-hybridized carbons (Fsp3) is 0. The number of aromatic amines is 2. The number of H-pyrrole nitrogens is 2. The van der Waals surface area contributed by atoms with Crippen LogP contribution in [0.4, 0.5) is 5.95 Å². The molecule has 0 aromatic carbocycles. The minimum Gasteiger partial charge on any atom is -0.754 e.